The highest BCUT2D eigenvalue weighted by Crippen LogP contribution is 2.15. The van der Waals surface area contributed by atoms with Gasteiger partial charge in [-0.3, -0.25) is 9.48 Å². The summed E-state index contributed by atoms with van der Waals surface area (Å²) < 4.78 is 2.03. The molecule has 0 aliphatic rings. The highest BCUT2D eigenvalue weighted by atomic mass is 16.1. The molecule has 112 valence electrons. The standard InChI is InChI=1S/C16H22N4O/c1-3-15(4-2)20-10-9-14(19-20)11-18-13-7-5-12(6-8-13)16(17)21/h5-10,15,18H,3-4,11H2,1-2H3,(H2,17,21). The van der Waals surface area contributed by atoms with E-state index in [9.17, 15) is 4.79 Å². The maximum absolute atomic E-state index is 11.0. The Morgan fingerprint density at radius 2 is 1.90 bits per heavy atom. The van der Waals surface area contributed by atoms with Crippen molar-refractivity contribution >= 4 is 11.6 Å². The zero-order valence-electron chi connectivity index (χ0n) is 12.5. The lowest BCUT2D eigenvalue weighted by molar-refractivity contribution is 0.100. The molecule has 0 bridgehead atoms. The van der Waals surface area contributed by atoms with Gasteiger partial charge in [-0.1, -0.05) is 13.8 Å². The van der Waals surface area contributed by atoms with E-state index in [1.54, 1.807) is 12.1 Å². The van der Waals surface area contributed by atoms with Crippen molar-refractivity contribution in [1.29, 1.82) is 0 Å². The third-order valence-electron chi connectivity index (χ3n) is 3.62. The Hall–Kier alpha value is -2.30. The van der Waals surface area contributed by atoms with Crippen LogP contribution in [-0.4, -0.2) is 15.7 Å². The van der Waals surface area contributed by atoms with Gasteiger partial charge < -0.3 is 11.1 Å². The lowest BCUT2D eigenvalue weighted by Gasteiger charge is -2.12. The van der Waals surface area contributed by atoms with Crippen LogP contribution in [0.3, 0.4) is 0 Å². The first-order valence-corrected chi connectivity index (χ1v) is 7.31. The fourth-order valence-electron chi connectivity index (χ4n) is 2.28. The summed E-state index contributed by atoms with van der Waals surface area (Å²) in [5, 5.41) is 7.88. The van der Waals surface area contributed by atoms with E-state index < -0.39 is 5.91 Å². The summed E-state index contributed by atoms with van der Waals surface area (Å²) in [5.41, 5.74) is 7.67. The number of hydrogen-bond acceptors (Lipinski definition) is 3. The minimum absolute atomic E-state index is 0.412. The minimum atomic E-state index is -0.412. The van der Waals surface area contributed by atoms with Gasteiger partial charge in [-0.25, -0.2) is 0 Å². The van der Waals surface area contributed by atoms with Crippen molar-refractivity contribution in [3.05, 3.63) is 47.8 Å². The first kappa shape index (κ1) is 15.1. The number of carbonyl (C=O) groups excluding carboxylic acids is 1. The maximum Gasteiger partial charge on any atom is 0.248 e. The molecule has 0 fully saturated rings. The Kier molecular flexibility index (Phi) is 4.98. The molecule has 0 aliphatic carbocycles. The number of primary amides is 1. The highest BCUT2D eigenvalue weighted by molar-refractivity contribution is 5.93. The quantitative estimate of drug-likeness (QED) is 0.822. The van der Waals surface area contributed by atoms with E-state index in [4.69, 9.17) is 5.73 Å². The third-order valence-corrected chi connectivity index (χ3v) is 3.62. The molecule has 0 saturated carbocycles. The van der Waals surface area contributed by atoms with Gasteiger partial charge in [-0.2, -0.15) is 5.10 Å². The Morgan fingerprint density at radius 3 is 2.48 bits per heavy atom. The number of nitrogens with two attached hydrogens (primary N) is 1. The van der Waals surface area contributed by atoms with E-state index in [-0.39, 0.29) is 0 Å². The van der Waals surface area contributed by atoms with Crippen molar-refractivity contribution in [3.8, 4) is 0 Å². The fraction of sp³-hybridized carbons (Fsp3) is 0.375. The molecular formula is C16H22N4O. The van der Waals surface area contributed by atoms with Crippen molar-refractivity contribution in [1.82, 2.24) is 9.78 Å². The molecule has 0 saturated heterocycles. The zero-order valence-corrected chi connectivity index (χ0v) is 12.5. The monoisotopic (exact) mass is 286 g/mol. The van der Waals surface area contributed by atoms with Crippen LogP contribution >= 0.6 is 0 Å². The van der Waals surface area contributed by atoms with E-state index >= 15 is 0 Å². The topological polar surface area (TPSA) is 72.9 Å². The first-order chi connectivity index (χ1) is 10.1. The molecule has 0 aliphatic heterocycles. The molecule has 3 N–H and O–H groups in total. The predicted octanol–water partition coefficient (Wildman–Crippen LogP) is 2.96. The van der Waals surface area contributed by atoms with E-state index in [0.717, 1.165) is 24.2 Å². The smallest absolute Gasteiger partial charge is 0.248 e. The number of amides is 1. The summed E-state index contributed by atoms with van der Waals surface area (Å²) in [6, 6.07) is 9.62. The number of nitrogens with zero attached hydrogens (tertiary/aromatic N) is 2. The summed E-state index contributed by atoms with van der Waals surface area (Å²) in [4.78, 5) is 11.0. The van der Waals surface area contributed by atoms with Crippen LogP contribution in [0.4, 0.5) is 5.69 Å². The van der Waals surface area contributed by atoms with Crippen molar-refractivity contribution in [2.24, 2.45) is 5.73 Å². The Morgan fingerprint density at radius 1 is 1.24 bits per heavy atom. The summed E-state index contributed by atoms with van der Waals surface area (Å²) in [7, 11) is 0. The number of hydrogen-bond donors (Lipinski definition) is 2. The number of anilines is 1. The molecule has 2 aromatic rings. The second kappa shape index (κ2) is 6.92. The Balaban J connectivity index is 1.95. The molecule has 0 spiro atoms. The van der Waals surface area contributed by atoms with Crippen molar-refractivity contribution in [3.63, 3.8) is 0 Å². The van der Waals surface area contributed by atoms with E-state index in [1.807, 2.05) is 29.1 Å². The van der Waals surface area contributed by atoms with E-state index in [1.165, 1.54) is 0 Å². The molecule has 0 radical (unpaired) electrons. The lowest BCUT2D eigenvalue weighted by atomic mass is 10.2. The zero-order chi connectivity index (χ0) is 15.2. The first-order valence-electron chi connectivity index (χ1n) is 7.31. The second-order valence-electron chi connectivity index (χ2n) is 5.05. The Labute approximate surface area is 125 Å². The fourth-order valence-corrected chi connectivity index (χ4v) is 2.28. The van der Waals surface area contributed by atoms with Gasteiger partial charge in [0.2, 0.25) is 5.91 Å². The van der Waals surface area contributed by atoms with E-state index in [2.05, 4.69) is 24.3 Å². The number of aromatic nitrogens is 2. The van der Waals surface area contributed by atoms with Gasteiger partial charge in [0, 0.05) is 17.4 Å². The molecule has 5 nitrogen and oxygen atoms in total. The highest BCUT2D eigenvalue weighted by Gasteiger charge is 2.07. The van der Waals surface area contributed by atoms with Crippen molar-refractivity contribution in [2.75, 3.05) is 5.32 Å². The van der Waals surface area contributed by atoms with Crippen LogP contribution in [-0.2, 0) is 6.54 Å². The molecule has 1 aromatic heterocycles. The van der Waals surface area contributed by atoms with Crippen molar-refractivity contribution in [2.45, 2.75) is 39.3 Å². The van der Waals surface area contributed by atoms with E-state index in [0.29, 0.717) is 18.2 Å². The number of benzene rings is 1. The van der Waals surface area contributed by atoms with Crippen LogP contribution in [0.15, 0.2) is 36.5 Å². The van der Waals surface area contributed by atoms with Crippen LogP contribution in [0.2, 0.25) is 0 Å². The van der Waals surface area contributed by atoms with Crippen LogP contribution in [0.5, 0.6) is 0 Å². The summed E-state index contributed by atoms with van der Waals surface area (Å²) in [6.45, 7) is 5.01. The predicted molar refractivity (Wildman–Crippen MR) is 84.1 cm³/mol. The van der Waals surface area contributed by atoms with Crippen LogP contribution < -0.4 is 11.1 Å². The van der Waals surface area contributed by atoms with Gasteiger partial charge in [-0.15, -0.1) is 0 Å². The summed E-state index contributed by atoms with van der Waals surface area (Å²) in [6.07, 6.45) is 4.20. The lowest BCUT2D eigenvalue weighted by Crippen LogP contribution is -2.11. The number of nitrogens with one attached hydrogen (secondary N) is 1. The molecule has 1 heterocycles. The third kappa shape index (κ3) is 3.84. The molecule has 1 aromatic carbocycles. The molecule has 0 unspecified atom stereocenters. The summed E-state index contributed by atoms with van der Waals surface area (Å²) >= 11 is 0. The van der Waals surface area contributed by atoms with Gasteiger partial charge in [0.15, 0.2) is 0 Å². The average molecular weight is 286 g/mol. The number of carbonyl (C=O) groups is 1. The molecule has 1 amide bonds. The average Bonchev–Trinajstić information content (AvgIpc) is 2.96. The molecule has 21 heavy (non-hydrogen) atoms. The van der Waals surface area contributed by atoms with Gasteiger partial charge >= 0.3 is 0 Å². The van der Waals surface area contributed by atoms with Gasteiger partial charge in [0.25, 0.3) is 0 Å². The van der Waals surface area contributed by atoms with Gasteiger partial charge in [0.1, 0.15) is 0 Å². The number of rotatable bonds is 7. The molecule has 2 rings (SSSR count). The normalized spacial score (nSPS) is 10.8. The molecule has 0 atom stereocenters. The maximum atomic E-state index is 11.0. The van der Waals surface area contributed by atoms with Crippen molar-refractivity contribution < 1.29 is 4.79 Å². The van der Waals surface area contributed by atoms with Crippen LogP contribution in [0.25, 0.3) is 0 Å². The van der Waals surface area contributed by atoms with Gasteiger partial charge in [0.05, 0.1) is 18.3 Å². The second-order valence-corrected chi connectivity index (χ2v) is 5.05. The van der Waals surface area contributed by atoms with Gasteiger partial charge in [-0.05, 0) is 43.2 Å². The van der Waals surface area contributed by atoms with Crippen LogP contribution in [0.1, 0.15) is 48.8 Å². The molecule has 5 heteroatoms. The largest absolute Gasteiger partial charge is 0.379 e. The minimum Gasteiger partial charge on any atom is -0.379 e. The van der Waals surface area contributed by atoms with Crippen LogP contribution in [0, 0.1) is 0 Å². The molecular weight excluding hydrogens is 264 g/mol. The Bertz CT molecular complexity index is 585. The summed E-state index contributed by atoms with van der Waals surface area (Å²) in [5.74, 6) is -0.412. The SMILES string of the molecule is CCC(CC)n1ccc(CNc2ccc(C(N)=O)cc2)n1.